The molecule has 0 bridgehead atoms. The highest BCUT2D eigenvalue weighted by atomic mass is 16.5. The average molecular weight is 261 g/mol. The first-order valence-corrected chi connectivity index (χ1v) is 6.85. The number of nitrogens with one attached hydrogen (secondary N) is 1. The lowest BCUT2D eigenvalue weighted by molar-refractivity contribution is 0.202. The van der Waals surface area contributed by atoms with Gasteiger partial charge in [0.15, 0.2) is 0 Å². The maximum Gasteiger partial charge on any atom is 0.134 e. The molecule has 0 aliphatic rings. The SMILES string of the molecule is COCCc1ccc2oc(CNC(C)C)c(C)c2c1. The molecule has 19 heavy (non-hydrogen) atoms. The molecular formula is C16H23NO2. The van der Waals surface area contributed by atoms with E-state index in [0.717, 1.165) is 30.9 Å². The molecule has 0 aliphatic carbocycles. The van der Waals surface area contributed by atoms with Crippen LogP contribution in [0.1, 0.15) is 30.7 Å². The number of fused-ring (bicyclic) bond motifs is 1. The second-order valence-electron chi connectivity index (χ2n) is 5.26. The number of hydrogen-bond donors (Lipinski definition) is 1. The summed E-state index contributed by atoms with van der Waals surface area (Å²) in [5, 5.41) is 4.62. The number of benzene rings is 1. The molecule has 0 amide bonds. The van der Waals surface area contributed by atoms with Gasteiger partial charge < -0.3 is 14.5 Å². The van der Waals surface area contributed by atoms with Gasteiger partial charge in [-0.2, -0.15) is 0 Å². The highest BCUT2D eigenvalue weighted by Gasteiger charge is 2.11. The van der Waals surface area contributed by atoms with Crippen molar-refractivity contribution in [1.82, 2.24) is 5.32 Å². The highest BCUT2D eigenvalue weighted by Crippen LogP contribution is 2.26. The van der Waals surface area contributed by atoms with Gasteiger partial charge in [0.2, 0.25) is 0 Å². The van der Waals surface area contributed by atoms with Crippen molar-refractivity contribution in [1.29, 1.82) is 0 Å². The average Bonchev–Trinajstić information content (AvgIpc) is 2.71. The summed E-state index contributed by atoms with van der Waals surface area (Å²) in [6.45, 7) is 7.95. The third kappa shape index (κ3) is 3.37. The van der Waals surface area contributed by atoms with E-state index in [9.17, 15) is 0 Å². The van der Waals surface area contributed by atoms with Gasteiger partial charge in [-0.05, 0) is 36.6 Å². The van der Waals surface area contributed by atoms with E-state index in [2.05, 4.69) is 44.3 Å². The van der Waals surface area contributed by atoms with Gasteiger partial charge in [-0.1, -0.05) is 19.9 Å². The fourth-order valence-electron chi connectivity index (χ4n) is 2.16. The predicted octanol–water partition coefficient (Wildman–Crippen LogP) is 3.43. The van der Waals surface area contributed by atoms with E-state index in [0.29, 0.717) is 6.04 Å². The summed E-state index contributed by atoms with van der Waals surface area (Å²) in [6.07, 6.45) is 0.941. The molecule has 3 heteroatoms. The molecule has 0 radical (unpaired) electrons. The van der Waals surface area contributed by atoms with Gasteiger partial charge in [0.1, 0.15) is 11.3 Å². The second kappa shape index (κ2) is 6.22. The molecule has 1 aromatic heterocycles. The molecule has 0 aliphatic heterocycles. The van der Waals surface area contributed by atoms with E-state index >= 15 is 0 Å². The van der Waals surface area contributed by atoms with Crippen LogP contribution in [0.4, 0.5) is 0 Å². The Hall–Kier alpha value is -1.32. The molecule has 1 heterocycles. The number of furan rings is 1. The molecule has 2 rings (SSSR count). The van der Waals surface area contributed by atoms with Crippen LogP contribution in [0.15, 0.2) is 22.6 Å². The van der Waals surface area contributed by atoms with Crippen LogP contribution in [0.25, 0.3) is 11.0 Å². The highest BCUT2D eigenvalue weighted by molar-refractivity contribution is 5.82. The number of hydrogen-bond acceptors (Lipinski definition) is 3. The number of ether oxygens (including phenoxy) is 1. The van der Waals surface area contributed by atoms with Gasteiger partial charge in [0, 0.05) is 18.5 Å². The van der Waals surface area contributed by atoms with Crippen LogP contribution in [-0.2, 0) is 17.7 Å². The fourth-order valence-corrected chi connectivity index (χ4v) is 2.16. The van der Waals surface area contributed by atoms with E-state index in [1.807, 2.05) is 0 Å². The van der Waals surface area contributed by atoms with Crippen LogP contribution < -0.4 is 5.32 Å². The molecule has 2 aromatic rings. The first-order chi connectivity index (χ1) is 9.11. The Balaban J connectivity index is 2.24. The van der Waals surface area contributed by atoms with Crippen molar-refractivity contribution < 1.29 is 9.15 Å². The largest absolute Gasteiger partial charge is 0.459 e. The number of methoxy groups -OCH3 is 1. The molecule has 0 spiro atoms. The van der Waals surface area contributed by atoms with Gasteiger partial charge in [-0.3, -0.25) is 0 Å². The van der Waals surface area contributed by atoms with E-state index in [1.54, 1.807) is 7.11 Å². The van der Waals surface area contributed by atoms with Gasteiger partial charge >= 0.3 is 0 Å². The first-order valence-electron chi connectivity index (χ1n) is 6.85. The molecule has 104 valence electrons. The minimum Gasteiger partial charge on any atom is -0.459 e. The monoisotopic (exact) mass is 261 g/mol. The third-order valence-electron chi connectivity index (χ3n) is 3.37. The molecule has 0 saturated carbocycles. The van der Waals surface area contributed by atoms with Gasteiger partial charge in [-0.25, -0.2) is 0 Å². The normalized spacial score (nSPS) is 11.6. The smallest absolute Gasteiger partial charge is 0.134 e. The standard InChI is InChI=1S/C16H23NO2/c1-11(2)17-10-16-12(3)14-9-13(7-8-18-4)5-6-15(14)19-16/h5-6,9,11,17H,7-8,10H2,1-4H3. The fraction of sp³-hybridized carbons (Fsp3) is 0.500. The summed E-state index contributed by atoms with van der Waals surface area (Å²) < 4.78 is 11.0. The van der Waals surface area contributed by atoms with E-state index < -0.39 is 0 Å². The van der Waals surface area contributed by atoms with Crippen molar-refractivity contribution in [2.45, 2.75) is 39.8 Å². The molecule has 1 aromatic carbocycles. The molecule has 3 nitrogen and oxygen atoms in total. The van der Waals surface area contributed by atoms with Crippen molar-refractivity contribution >= 4 is 11.0 Å². The third-order valence-corrected chi connectivity index (χ3v) is 3.37. The quantitative estimate of drug-likeness (QED) is 0.865. The zero-order chi connectivity index (χ0) is 13.8. The van der Waals surface area contributed by atoms with Crippen LogP contribution in [0.3, 0.4) is 0 Å². The van der Waals surface area contributed by atoms with Crippen LogP contribution in [0, 0.1) is 6.92 Å². The zero-order valence-electron chi connectivity index (χ0n) is 12.2. The maximum absolute atomic E-state index is 5.91. The maximum atomic E-state index is 5.91. The van der Waals surface area contributed by atoms with E-state index in [4.69, 9.17) is 9.15 Å². The Labute approximate surface area is 114 Å². The number of rotatable bonds is 6. The molecule has 0 saturated heterocycles. The van der Waals surface area contributed by atoms with Gasteiger partial charge in [0.05, 0.1) is 13.2 Å². The summed E-state index contributed by atoms with van der Waals surface area (Å²) in [7, 11) is 1.73. The van der Waals surface area contributed by atoms with Crippen molar-refractivity contribution in [3.63, 3.8) is 0 Å². The lowest BCUT2D eigenvalue weighted by atomic mass is 10.1. The van der Waals surface area contributed by atoms with Crippen molar-refractivity contribution in [3.8, 4) is 0 Å². The summed E-state index contributed by atoms with van der Waals surface area (Å²) >= 11 is 0. The lowest BCUT2D eigenvalue weighted by Gasteiger charge is -2.05. The van der Waals surface area contributed by atoms with Crippen LogP contribution in [0.2, 0.25) is 0 Å². The van der Waals surface area contributed by atoms with Crippen molar-refractivity contribution in [2.24, 2.45) is 0 Å². The Morgan fingerprint density at radius 3 is 2.79 bits per heavy atom. The molecule has 1 N–H and O–H groups in total. The van der Waals surface area contributed by atoms with E-state index in [1.165, 1.54) is 16.5 Å². The van der Waals surface area contributed by atoms with E-state index in [-0.39, 0.29) is 0 Å². The van der Waals surface area contributed by atoms with Crippen molar-refractivity contribution in [2.75, 3.05) is 13.7 Å². The minimum absolute atomic E-state index is 0.463. The lowest BCUT2D eigenvalue weighted by Crippen LogP contribution is -2.21. The van der Waals surface area contributed by atoms with Crippen LogP contribution >= 0.6 is 0 Å². The molecule has 0 fully saturated rings. The molecule has 0 atom stereocenters. The zero-order valence-corrected chi connectivity index (χ0v) is 12.2. The molecular weight excluding hydrogens is 238 g/mol. The first kappa shape index (κ1) is 14.1. The number of aryl methyl sites for hydroxylation is 1. The summed E-state index contributed by atoms with van der Waals surface area (Å²) in [5.74, 6) is 1.03. The van der Waals surface area contributed by atoms with Crippen LogP contribution in [0.5, 0.6) is 0 Å². The summed E-state index contributed by atoms with van der Waals surface area (Å²) in [4.78, 5) is 0. The van der Waals surface area contributed by atoms with Gasteiger partial charge in [0.25, 0.3) is 0 Å². The Kier molecular flexibility index (Phi) is 4.61. The Bertz CT molecular complexity index is 543. The van der Waals surface area contributed by atoms with Crippen molar-refractivity contribution in [3.05, 3.63) is 35.1 Å². The Morgan fingerprint density at radius 2 is 2.11 bits per heavy atom. The van der Waals surface area contributed by atoms with Crippen LogP contribution in [-0.4, -0.2) is 19.8 Å². The second-order valence-corrected chi connectivity index (χ2v) is 5.26. The molecule has 0 unspecified atom stereocenters. The Morgan fingerprint density at radius 1 is 1.32 bits per heavy atom. The summed E-state index contributed by atoms with van der Waals surface area (Å²) in [6, 6.07) is 6.85. The minimum atomic E-state index is 0.463. The summed E-state index contributed by atoms with van der Waals surface area (Å²) in [5.41, 5.74) is 3.50. The topological polar surface area (TPSA) is 34.4 Å². The predicted molar refractivity (Wildman–Crippen MR) is 78.5 cm³/mol. The van der Waals surface area contributed by atoms with Gasteiger partial charge in [-0.15, -0.1) is 0 Å².